The Morgan fingerprint density at radius 3 is 2.45 bits per heavy atom. The maximum atomic E-state index is 12.4. The lowest BCUT2D eigenvalue weighted by atomic mass is 10.0. The lowest BCUT2D eigenvalue weighted by molar-refractivity contribution is 0.512. The number of hydrogen-bond donors (Lipinski definition) is 1. The molecule has 0 bridgehead atoms. The Morgan fingerprint density at radius 1 is 1.05 bits per heavy atom. The summed E-state index contributed by atoms with van der Waals surface area (Å²) in [6.45, 7) is 6.45. The van der Waals surface area contributed by atoms with Crippen LogP contribution in [0.2, 0.25) is 0 Å². The molecule has 4 heteroatoms. The van der Waals surface area contributed by atoms with Gasteiger partial charge in [0.1, 0.15) is 5.75 Å². The molecule has 0 spiro atoms. The van der Waals surface area contributed by atoms with Crippen molar-refractivity contribution in [2.45, 2.75) is 27.3 Å². The van der Waals surface area contributed by atoms with E-state index in [2.05, 4.69) is 6.92 Å². The molecule has 2 aromatic carbocycles. The average molecular weight is 289 g/mol. The predicted octanol–water partition coefficient (Wildman–Crippen LogP) is 3.25. The van der Waals surface area contributed by atoms with Crippen molar-refractivity contribution in [1.82, 2.24) is 0 Å². The number of rotatable bonds is 4. The fraction of sp³-hybridized carbons (Fsp3) is 0.250. The summed E-state index contributed by atoms with van der Waals surface area (Å²) in [6.07, 6.45) is 0. The number of hydrogen-bond acceptors (Lipinski definition) is 3. The fourth-order valence-electron chi connectivity index (χ4n) is 2.09. The third-order valence-electron chi connectivity index (χ3n) is 3.67. The van der Waals surface area contributed by atoms with E-state index in [9.17, 15) is 4.57 Å². The summed E-state index contributed by atoms with van der Waals surface area (Å²) in [5, 5.41) is 0.706. The summed E-state index contributed by atoms with van der Waals surface area (Å²) < 4.78 is 18.1. The molecule has 0 radical (unpaired) electrons. The molecule has 0 aliphatic carbocycles. The Balaban J connectivity index is 2.31. The Morgan fingerprint density at radius 2 is 1.75 bits per heavy atom. The van der Waals surface area contributed by atoms with Crippen LogP contribution in [0.5, 0.6) is 5.75 Å². The summed E-state index contributed by atoms with van der Waals surface area (Å²) in [5.41, 5.74) is 9.96. The monoisotopic (exact) mass is 289 g/mol. The molecule has 2 rings (SSSR count). The molecule has 0 fully saturated rings. The number of benzene rings is 2. The highest BCUT2D eigenvalue weighted by Gasteiger charge is 2.12. The van der Waals surface area contributed by atoms with Gasteiger partial charge in [-0.3, -0.25) is 4.57 Å². The summed E-state index contributed by atoms with van der Waals surface area (Å²) in [5.74, 6) is 0.684. The molecule has 0 heterocycles. The maximum absolute atomic E-state index is 12.4. The normalized spacial score (nSPS) is 12.2. The number of aryl methyl sites for hydroxylation is 1. The van der Waals surface area contributed by atoms with Crippen LogP contribution in [0.4, 0.5) is 0 Å². The van der Waals surface area contributed by atoms with Gasteiger partial charge in [-0.2, -0.15) is 0 Å². The second-order valence-corrected chi connectivity index (χ2v) is 6.20. The van der Waals surface area contributed by atoms with Crippen LogP contribution in [0.15, 0.2) is 36.4 Å². The molecule has 0 saturated carbocycles. The maximum Gasteiger partial charge on any atom is 0.266 e. The van der Waals surface area contributed by atoms with E-state index in [0.717, 1.165) is 11.1 Å². The summed E-state index contributed by atoms with van der Waals surface area (Å²) in [4.78, 5) is 0. The van der Waals surface area contributed by atoms with Gasteiger partial charge < -0.3 is 10.3 Å². The first-order chi connectivity index (χ1) is 9.54. The lowest BCUT2D eigenvalue weighted by Gasteiger charge is -2.14. The Labute approximate surface area is 120 Å². The van der Waals surface area contributed by atoms with Gasteiger partial charge in [-0.25, -0.2) is 0 Å². The minimum Gasteiger partial charge on any atom is -0.441 e. The van der Waals surface area contributed by atoms with Gasteiger partial charge in [0.05, 0.1) is 0 Å². The molecule has 1 atom stereocenters. The highest BCUT2D eigenvalue weighted by molar-refractivity contribution is 7.48. The van der Waals surface area contributed by atoms with Crippen molar-refractivity contribution in [1.29, 1.82) is 0 Å². The van der Waals surface area contributed by atoms with Gasteiger partial charge >= 0.3 is 0 Å². The average Bonchev–Trinajstić information content (AvgIpc) is 2.47. The van der Waals surface area contributed by atoms with Crippen LogP contribution in [0.1, 0.15) is 22.3 Å². The first-order valence-electron chi connectivity index (χ1n) is 6.61. The van der Waals surface area contributed by atoms with E-state index >= 15 is 0 Å². The second-order valence-electron chi connectivity index (χ2n) is 4.88. The van der Waals surface area contributed by atoms with E-state index in [4.69, 9.17) is 10.3 Å². The molecule has 0 aliphatic heterocycles. The molecule has 0 amide bonds. The van der Waals surface area contributed by atoms with Crippen molar-refractivity contribution in [2.24, 2.45) is 5.73 Å². The van der Waals surface area contributed by atoms with Gasteiger partial charge in [0.15, 0.2) is 0 Å². The van der Waals surface area contributed by atoms with Gasteiger partial charge in [0, 0.05) is 11.8 Å². The second kappa shape index (κ2) is 6.25. The Bertz CT molecular complexity index is 653. The van der Waals surface area contributed by atoms with Crippen molar-refractivity contribution in [3.63, 3.8) is 0 Å². The van der Waals surface area contributed by atoms with E-state index in [-0.39, 0.29) is 0 Å². The molecule has 3 nitrogen and oxygen atoms in total. The highest BCUT2D eigenvalue weighted by atomic mass is 31.1. The van der Waals surface area contributed by atoms with Gasteiger partial charge in [-0.1, -0.05) is 24.3 Å². The first-order valence-corrected chi connectivity index (χ1v) is 7.93. The Kier molecular flexibility index (Phi) is 4.64. The van der Waals surface area contributed by atoms with Crippen LogP contribution in [0, 0.1) is 20.8 Å². The van der Waals surface area contributed by atoms with Crippen LogP contribution >= 0.6 is 8.03 Å². The van der Waals surface area contributed by atoms with Crippen LogP contribution in [0.25, 0.3) is 0 Å². The molecule has 106 valence electrons. The molecule has 0 aromatic heterocycles. The van der Waals surface area contributed by atoms with Gasteiger partial charge in [-0.05, 0) is 55.2 Å². The Hall–Kier alpha value is -1.57. The van der Waals surface area contributed by atoms with E-state index < -0.39 is 8.03 Å². The van der Waals surface area contributed by atoms with Crippen LogP contribution in [-0.2, 0) is 11.1 Å². The SMILES string of the molecule is Cc1ccc(O[PH](=O)c2ccccc2CN)c(C)c1C. The molecule has 0 aliphatic rings. The first kappa shape index (κ1) is 14.8. The smallest absolute Gasteiger partial charge is 0.266 e. The van der Waals surface area contributed by atoms with Crippen LogP contribution < -0.4 is 15.6 Å². The summed E-state index contributed by atoms with van der Waals surface area (Å²) in [6, 6.07) is 11.3. The van der Waals surface area contributed by atoms with E-state index in [0.29, 0.717) is 17.6 Å². The summed E-state index contributed by atoms with van der Waals surface area (Å²) in [7, 11) is -2.34. The predicted molar refractivity (Wildman–Crippen MR) is 84.2 cm³/mol. The molecule has 0 saturated heterocycles. The molecular weight excluding hydrogens is 269 g/mol. The zero-order chi connectivity index (χ0) is 14.7. The molecule has 20 heavy (non-hydrogen) atoms. The highest BCUT2D eigenvalue weighted by Crippen LogP contribution is 2.32. The van der Waals surface area contributed by atoms with Crippen molar-refractivity contribution in [3.05, 3.63) is 58.7 Å². The summed E-state index contributed by atoms with van der Waals surface area (Å²) >= 11 is 0. The van der Waals surface area contributed by atoms with Crippen LogP contribution in [-0.4, -0.2) is 0 Å². The van der Waals surface area contributed by atoms with Crippen molar-refractivity contribution in [3.8, 4) is 5.75 Å². The molecular formula is C16H20NO2P. The largest absolute Gasteiger partial charge is 0.441 e. The van der Waals surface area contributed by atoms with Crippen molar-refractivity contribution < 1.29 is 9.09 Å². The van der Waals surface area contributed by atoms with Gasteiger partial charge in [0.25, 0.3) is 8.03 Å². The number of nitrogens with two attached hydrogens (primary N) is 1. The van der Waals surface area contributed by atoms with Crippen LogP contribution in [0.3, 0.4) is 0 Å². The quantitative estimate of drug-likeness (QED) is 0.879. The van der Waals surface area contributed by atoms with E-state index in [1.807, 2.05) is 50.2 Å². The topological polar surface area (TPSA) is 52.3 Å². The van der Waals surface area contributed by atoms with E-state index in [1.54, 1.807) is 0 Å². The zero-order valence-electron chi connectivity index (χ0n) is 12.1. The standard InChI is InChI=1S/C16H20NO2P/c1-11-8-9-15(13(3)12(11)2)19-20(18)16-7-5-4-6-14(16)10-17/h4-9,20H,10,17H2,1-3H3. The third kappa shape index (κ3) is 2.95. The van der Waals surface area contributed by atoms with E-state index in [1.165, 1.54) is 11.1 Å². The van der Waals surface area contributed by atoms with Crippen molar-refractivity contribution in [2.75, 3.05) is 0 Å². The zero-order valence-corrected chi connectivity index (χ0v) is 13.1. The third-order valence-corrected chi connectivity index (χ3v) is 5.00. The van der Waals surface area contributed by atoms with Gasteiger partial charge in [-0.15, -0.1) is 0 Å². The minimum absolute atomic E-state index is 0.363. The molecule has 1 unspecified atom stereocenters. The minimum atomic E-state index is -2.34. The fourth-order valence-corrected chi connectivity index (χ4v) is 3.30. The van der Waals surface area contributed by atoms with Crippen molar-refractivity contribution >= 4 is 13.3 Å². The lowest BCUT2D eigenvalue weighted by Crippen LogP contribution is -2.11. The van der Waals surface area contributed by atoms with Gasteiger partial charge in [0.2, 0.25) is 0 Å². The molecule has 2 N–H and O–H groups in total. The molecule has 2 aromatic rings.